The first-order valence-corrected chi connectivity index (χ1v) is 6.23. The van der Waals surface area contributed by atoms with E-state index in [4.69, 9.17) is 28.3 Å². The number of hydrogen-bond acceptors (Lipinski definition) is 2. The third-order valence-corrected chi connectivity index (χ3v) is 2.91. The molecule has 0 saturated carbocycles. The Balaban J connectivity index is 2.90. The maximum absolute atomic E-state index is 11.5. The maximum Gasteiger partial charge on any atom is 0.335 e. The van der Waals surface area contributed by atoms with Crippen LogP contribution in [0.15, 0.2) is 12.1 Å². The summed E-state index contributed by atoms with van der Waals surface area (Å²) in [5.74, 6) is -1.31. The lowest BCUT2D eigenvalue weighted by Gasteiger charge is -2.10. The number of carboxylic acid groups (broad SMARTS) is 1. The summed E-state index contributed by atoms with van der Waals surface area (Å²) in [4.78, 5) is 22.3. The molecule has 0 unspecified atom stereocenters. The Morgan fingerprint density at radius 1 is 1.28 bits per heavy atom. The molecule has 0 aliphatic heterocycles. The highest BCUT2D eigenvalue weighted by Gasteiger charge is 2.14. The fraction of sp³-hybridized carbons (Fsp3) is 0.333. The molecule has 0 radical (unpaired) electrons. The van der Waals surface area contributed by atoms with Gasteiger partial charge >= 0.3 is 5.97 Å². The molecule has 6 heteroatoms. The van der Waals surface area contributed by atoms with Crippen LogP contribution in [0, 0.1) is 0 Å². The van der Waals surface area contributed by atoms with E-state index in [1.54, 1.807) is 0 Å². The molecule has 4 nitrogen and oxygen atoms in total. The standard InChI is InChI=1S/C12H13Cl2NO3/c1-2-3-4-10(16)15-11-8(13)5-7(12(17)18)6-9(11)14/h5-6H,2-4H2,1H3,(H,15,16)(H,17,18). The van der Waals surface area contributed by atoms with E-state index in [1.807, 2.05) is 6.92 Å². The van der Waals surface area contributed by atoms with Gasteiger partial charge in [-0.2, -0.15) is 0 Å². The van der Waals surface area contributed by atoms with Crippen LogP contribution in [0.1, 0.15) is 36.5 Å². The van der Waals surface area contributed by atoms with E-state index in [0.29, 0.717) is 6.42 Å². The SMILES string of the molecule is CCCCC(=O)Nc1c(Cl)cc(C(=O)O)cc1Cl. The lowest BCUT2D eigenvalue weighted by molar-refractivity contribution is -0.116. The topological polar surface area (TPSA) is 66.4 Å². The third kappa shape index (κ3) is 3.89. The van der Waals surface area contributed by atoms with E-state index in [0.717, 1.165) is 12.8 Å². The molecule has 18 heavy (non-hydrogen) atoms. The number of halogens is 2. The Labute approximate surface area is 115 Å². The summed E-state index contributed by atoms with van der Waals surface area (Å²) in [7, 11) is 0. The highest BCUT2D eigenvalue weighted by Crippen LogP contribution is 2.32. The maximum atomic E-state index is 11.5. The Kier molecular flexibility index (Phi) is 5.44. The van der Waals surface area contributed by atoms with E-state index < -0.39 is 5.97 Å². The van der Waals surface area contributed by atoms with Gasteiger partial charge in [0.05, 0.1) is 21.3 Å². The second-order valence-corrected chi connectivity index (χ2v) is 4.59. The largest absolute Gasteiger partial charge is 0.478 e. The van der Waals surface area contributed by atoms with Gasteiger partial charge < -0.3 is 10.4 Å². The van der Waals surface area contributed by atoms with Crippen molar-refractivity contribution in [3.63, 3.8) is 0 Å². The number of hydrogen-bond donors (Lipinski definition) is 2. The predicted molar refractivity (Wildman–Crippen MR) is 71.6 cm³/mol. The minimum absolute atomic E-state index is 0.0171. The summed E-state index contributed by atoms with van der Waals surface area (Å²) in [6, 6.07) is 2.51. The van der Waals surface area contributed by atoms with Crippen LogP contribution in [0.3, 0.4) is 0 Å². The molecule has 1 rings (SSSR count). The fourth-order valence-electron chi connectivity index (χ4n) is 1.36. The molecule has 0 aliphatic rings. The van der Waals surface area contributed by atoms with Crippen molar-refractivity contribution in [3.05, 3.63) is 27.7 Å². The van der Waals surface area contributed by atoms with Crippen molar-refractivity contribution in [1.29, 1.82) is 0 Å². The predicted octanol–water partition coefficient (Wildman–Crippen LogP) is 3.82. The number of nitrogens with one attached hydrogen (secondary N) is 1. The zero-order valence-corrected chi connectivity index (χ0v) is 11.3. The molecule has 0 fully saturated rings. The van der Waals surface area contributed by atoms with Crippen LogP contribution in [0.4, 0.5) is 5.69 Å². The molecule has 0 aliphatic carbocycles. The van der Waals surface area contributed by atoms with Gasteiger partial charge in [0.15, 0.2) is 0 Å². The van der Waals surface area contributed by atoms with E-state index in [1.165, 1.54) is 12.1 Å². The molecule has 1 aromatic carbocycles. The van der Waals surface area contributed by atoms with Gasteiger partial charge in [-0.3, -0.25) is 4.79 Å². The zero-order valence-electron chi connectivity index (χ0n) is 9.80. The Morgan fingerprint density at radius 2 is 1.83 bits per heavy atom. The van der Waals surface area contributed by atoms with Crippen LogP contribution in [0.5, 0.6) is 0 Å². The van der Waals surface area contributed by atoms with Crippen molar-refractivity contribution in [2.24, 2.45) is 0 Å². The molecule has 0 saturated heterocycles. The van der Waals surface area contributed by atoms with Gasteiger partial charge in [-0.25, -0.2) is 4.79 Å². The average Bonchev–Trinajstić information content (AvgIpc) is 2.30. The first-order valence-electron chi connectivity index (χ1n) is 5.48. The van der Waals surface area contributed by atoms with E-state index in [-0.39, 0.29) is 27.2 Å². The van der Waals surface area contributed by atoms with Crippen molar-refractivity contribution in [3.8, 4) is 0 Å². The number of carbonyl (C=O) groups excluding carboxylic acids is 1. The number of benzene rings is 1. The van der Waals surface area contributed by atoms with E-state index in [2.05, 4.69) is 5.32 Å². The van der Waals surface area contributed by atoms with Gasteiger partial charge in [0.1, 0.15) is 0 Å². The second-order valence-electron chi connectivity index (χ2n) is 3.77. The number of aromatic carboxylic acids is 1. The molecule has 0 atom stereocenters. The summed E-state index contributed by atoms with van der Waals surface area (Å²) in [6.07, 6.45) is 2.06. The highest BCUT2D eigenvalue weighted by atomic mass is 35.5. The number of anilines is 1. The smallest absolute Gasteiger partial charge is 0.335 e. The third-order valence-electron chi connectivity index (χ3n) is 2.31. The van der Waals surface area contributed by atoms with Crippen LogP contribution in [0.25, 0.3) is 0 Å². The van der Waals surface area contributed by atoms with Crippen molar-refractivity contribution in [2.75, 3.05) is 5.32 Å². The average molecular weight is 290 g/mol. The summed E-state index contributed by atoms with van der Waals surface area (Å²) in [6.45, 7) is 1.98. The first kappa shape index (κ1) is 14.8. The quantitative estimate of drug-likeness (QED) is 0.866. The van der Waals surface area contributed by atoms with Crippen LogP contribution >= 0.6 is 23.2 Å². The summed E-state index contributed by atoms with van der Waals surface area (Å²) in [5, 5.41) is 11.6. The van der Waals surface area contributed by atoms with E-state index >= 15 is 0 Å². The lowest BCUT2D eigenvalue weighted by atomic mass is 10.2. The number of unbranched alkanes of at least 4 members (excludes halogenated alkanes) is 1. The van der Waals surface area contributed by atoms with Gasteiger partial charge in [0, 0.05) is 6.42 Å². The van der Waals surface area contributed by atoms with Gasteiger partial charge in [-0.15, -0.1) is 0 Å². The minimum atomic E-state index is -1.12. The summed E-state index contributed by atoms with van der Waals surface area (Å²) >= 11 is 11.8. The van der Waals surface area contributed by atoms with Crippen molar-refractivity contribution in [2.45, 2.75) is 26.2 Å². The fourth-order valence-corrected chi connectivity index (χ4v) is 1.94. The van der Waals surface area contributed by atoms with E-state index in [9.17, 15) is 9.59 Å². The van der Waals surface area contributed by atoms with Crippen LogP contribution < -0.4 is 5.32 Å². The lowest BCUT2D eigenvalue weighted by Crippen LogP contribution is -2.12. The van der Waals surface area contributed by atoms with Crippen molar-refractivity contribution < 1.29 is 14.7 Å². The van der Waals surface area contributed by atoms with Gasteiger partial charge in [0.25, 0.3) is 0 Å². The molecular weight excluding hydrogens is 277 g/mol. The Hall–Kier alpha value is -1.26. The van der Waals surface area contributed by atoms with Gasteiger partial charge in [-0.05, 0) is 18.6 Å². The van der Waals surface area contributed by atoms with Gasteiger partial charge in [0.2, 0.25) is 5.91 Å². The number of amides is 1. The summed E-state index contributed by atoms with van der Waals surface area (Å²) < 4.78 is 0. The minimum Gasteiger partial charge on any atom is -0.478 e. The van der Waals surface area contributed by atoms with Crippen LogP contribution in [-0.4, -0.2) is 17.0 Å². The van der Waals surface area contributed by atoms with Crippen LogP contribution in [0.2, 0.25) is 10.0 Å². The Morgan fingerprint density at radius 3 is 2.28 bits per heavy atom. The Bertz CT molecular complexity index is 451. The molecule has 0 bridgehead atoms. The van der Waals surface area contributed by atoms with Crippen molar-refractivity contribution in [1.82, 2.24) is 0 Å². The monoisotopic (exact) mass is 289 g/mol. The molecule has 98 valence electrons. The normalized spacial score (nSPS) is 10.2. The number of rotatable bonds is 5. The second kappa shape index (κ2) is 6.61. The molecule has 2 N–H and O–H groups in total. The number of carbonyl (C=O) groups is 2. The first-order chi connectivity index (χ1) is 8.45. The number of carboxylic acids is 1. The van der Waals surface area contributed by atoms with Crippen LogP contribution in [-0.2, 0) is 4.79 Å². The molecule has 0 heterocycles. The molecule has 1 aromatic rings. The molecule has 0 aromatic heterocycles. The zero-order chi connectivity index (χ0) is 13.7. The highest BCUT2D eigenvalue weighted by molar-refractivity contribution is 6.40. The summed E-state index contributed by atoms with van der Waals surface area (Å²) in [5.41, 5.74) is 0.237. The molecule has 0 spiro atoms. The van der Waals surface area contributed by atoms with Crippen molar-refractivity contribution >= 4 is 40.8 Å². The molecule has 1 amide bonds. The molecular formula is C12H13Cl2NO3. The van der Waals surface area contributed by atoms with Gasteiger partial charge in [-0.1, -0.05) is 36.5 Å².